The maximum atomic E-state index is 11.0. The van der Waals surface area contributed by atoms with Gasteiger partial charge in [-0.25, -0.2) is 0 Å². The minimum absolute atomic E-state index is 0. The summed E-state index contributed by atoms with van der Waals surface area (Å²) in [4.78, 5) is 11.0. The summed E-state index contributed by atoms with van der Waals surface area (Å²) in [5.41, 5.74) is 8.53. The molecule has 1 aromatic carbocycles. The number of amides is 1. The van der Waals surface area contributed by atoms with E-state index in [1.54, 1.807) is 0 Å². The molecule has 70 valence electrons. The van der Waals surface area contributed by atoms with E-state index in [1.807, 2.05) is 18.2 Å². The fraction of sp³-hybridized carbons (Fsp3) is 0.222. The Balaban J connectivity index is 0.000000845. The van der Waals surface area contributed by atoms with Crippen LogP contribution in [0.15, 0.2) is 18.2 Å². The molecule has 0 bridgehead atoms. The molecule has 1 amide bonds. The number of halogens is 1. The molecule has 4 heteroatoms. The van der Waals surface area contributed by atoms with Crippen molar-refractivity contribution in [3.63, 3.8) is 0 Å². The Labute approximate surface area is 82.7 Å². The number of nitrogens with two attached hydrogens (primary N) is 1. The summed E-state index contributed by atoms with van der Waals surface area (Å²) in [6, 6.07) is 5.82. The minimum Gasteiger partial charge on any atom is -0.326 e. The molecular formula is C9H11ClN2O. The average molecular weight is 199 g/mol. The van der Waals surface area contributed by atoms with Crippen molar-refractivity contribution in [2.45, 2.75) is 13.0 Å². The lowest BCUT2D eigenvalue weighted by atomic mass is 10.1. The molecule has 0 unspecified atom stereocenters. The molecule has 0 spiro atoms. The number of hydrogen-bond acceptors (Lipinski definition) is 2. The van der Waals surface area contributed by atoms with Crippen molar-refractivity contribution >= 4 is 24.0 Å². The number of anilines is 1. The number of carbonyl (C=O) groups excluding carboxylic acids is 1. The van der Waals surface area contributed by atoms with E-state index >= 15 is 0 Å². The van der Waals surface area contributed by atoms with Crippen LogP contribution in [0.2, 0.25) is 0 Å². The third-order valence-corrected chi connectivity index (χ3v) is 2.03. The normalized spacial score (nSPS) is 13.2. The Kier molecular flexibility index (Phi) is 2.90. The van der Waals surface area contributed by atoms with Gasteiger partial charge in [-0.05, 0) is 17.2 Å². The van der Waals surface area contributed by atoms with E-state index in [0.29, 0.717) is 13.0 Å². The molecule has 1 aliphatic rings. The first kappa shape index (κ1) is 10.0. The molecule has 1 aromatic rings. The van der Waals surface area contributed by atoms with Gasteiger partial charge in [-0.3, -0.25) is 4.79 Å². The summed E-state index contributed by atoms with van der Waals surface area (Å²) in [6.07, 6.45) is 0.489. The van der Waals surface area contributed by atoms with Gasteiger partial charge in [-0.1, -0.05) is 12.1 Å². The van der Waals surface area contributed by atoms with Crippen LogP contribution >= 0.6 is 12.4 Å². The molecule has 0 saturated carbocycles. The number of carbonyl (C=O) groups is 1. The van der Waals surface area contributed by atoms with Gasteiger partial charge in [0, 0.05) is 12.2 Å². The summed E-state index contributed by atoms with van der Waals surface area (Å²) in [7, 11) is 0. The van der Waals surface area contributed by atoms with Crippen LogP contribution in [-0.4, -0.2) is 5.91 Å². The summed E-state index contributed by atoms with van der Waals surface area (Å²) in [5, 5.41) is 2.77. The highest BCUT2D eigenvalue weighted by molar-refractivity contribution is 5.99. The second kappa shape index (κ2) is 3.77. The first-order valence-corrected chi connectivity index (χ1v) is 3.91. The summed E-state index contributed by atoms with van der Waals surface area (Å²) < 4.78 is 0. The Bertz CT molecular complexity index is 338. The molecule has 1 aliphatic heterocycles. The van der Waals surface area contributed by atoms with Crippen LogP contribution in [0.1, 0.15) is 11.1 Å². The molecule has 0 atom stereocenters. The van der Waals surface area contributed by atoms with E-state index in [2.05, 4.69) is 5.32 Å². The second-order valence-corrected chi connectivity index (χ2v) is 2.92. The average Bonchev–Trinajstić information content (AvgIpc) is 2.43. The van der Waals surface area contributed by atoms with Crippen molar-refractivity contribution < 1.29 is 4.79 Å². The smallest absolute Gasteiger partial charge is 0.228 e. The second-order valence-electron chi connectivity index (χ2n) is 2.92. The lowest BCUT2D eigenvalue weighted by molar-refractivity contribution is -0.115. The molecular weight excluding hydrogens is 188 g/mol. The van der Waals surface area contributed by atoms with E-state index in [4.69, 9.17) is 5.73 Å². The molecule has 0 saturated heterocycles. The zero-order valence-electron chi connectivity index (χ0n) is 7.04. The molecule has 0 fully saturated rings. The van der Waals surface area contributed by atoms with Crippen LogP contribution in [0.25, 0.3) is 0 Å². The van der Waals surface area contributed by atoms with Crippen molar-refractivity contribution in [3.8, 4) is 0 Å². The van der Waals surface area contributed by atoms with E-state index in [-0.39, 0.29) is 18.3 Å². The highest BCUT2D eigenvalue weighted by Gasteiger charge is 2.16. The van der Waals surface area contributed by atoms with Crippen LogP contribution < -0.4 is 11.1 Å². The van der Waals surface area contributed by atoms with Gasteiger partial charge in [0.15, 0.2) is 0 Å². The highest BCUT2D eigenvalue weighted by atomic mass is 35.5. The zero-order valence-corrected chi connectivity index (χ0v) is 7.86. The van der Waals surface area contributed by atoms with Crippen molar-refractivity contribution in [2.24, 2.45) is 5.73 Å². The van der Waals surface area contributed by atoms with Gasteiger partial charge in [-0.15, -0.1) is 12.4 Å². The third kappa shape index (κ3) is 1.82. The fourth-order valence-electron chi connectivity index (χ4n) is 1.41. The van der Waals surface area contributed by atoms with Crippen LogP contribution in [0.5, 0.6) is 0 Å². The van der Waals surface area contributed by atoms with Gasteiger partial charge >= 0.3 is 0 Å². The van der Waals surface area contributed by atoms with Crippen molar-refractivity contribution in [2.75, 3.05) is 5.32 Å². The number of hydrogen-bond donors (Lipinski definition) is 2. The van der Waals surface area contributed by atoms with E-state index in [1.165, 1.54) is 0 Å². The molecule has 3 N–H and O–H groups in total. The van der Waals surface area contributed by atoms with Crippen LogP contribution in [0.4, 0.5) is 5.69 Å². The van der Waals surface area contributed by atoms with Gasteiger partial charge in [0.25, 0.3) is 0 Å². The van der Waals surface area contributed by atoms with E-state index in [9.17, 15) is 4.79 Å². The van der Waals surface area contributed by atoms with E-state index < -0.39 is 0 Å². The Morgan fingerprint density at radius 1 is 1.46 bits per heavy atom. The summed E-state index contributed by atoms with van der Waals surface area (Å²) >= 11 is 0. The fourth-order valence-corrected chi connectivity index (χ4v) is 1.41. The molecule has 3 nitrogen and oxygen atoms in total. The third-order valence-electron chi connectivity index (χ3n) is 2.03. The predicted octanol–water partition coefficient (Wildman–Crippen LogP) is 1.06. The number of nitrogens with one attached hydrogen (secondary N) is 1. The lowest BCUT2D eigenvalue weighted by Crippen LogP contribution is -2.03. The Hall–Kier alpha value is -1.06. The number of rotatable bonds is 1. The van der Waals surface area contributed by atoms with E-state index in [0.717, 1.165) is 16.8 Å². The van der Waals surface area contributed by atoms with Gasteiger partial charge < -0.3 is 11.1 Å². The van der Waals surface area contributed by atoms with Crippen LogP contribution in [-0.2, 0) is 17.8 Å². The molecule has 0 aliphatic carbocycles. The Morgan fingerprint density at radius 3 is 2.92 bits per heavy atom. The Morgan fingerprint density at radius 2 is 2.23 bits per heavy atom. The van der Waals surface area contributed by atoms with Crippen molar-refractivity contribution in [3.05, 3.63) is 29.3 Å². The van der Waals surface area contributed by atoms with Crippen LogP contribution in [0.3, 0.4) is 0 Å². The topological polar surface area (TPSA) is 55.1 Å². The molecule has 1 heterocycles. The van der Waals surface area contributed by atoms with Gasteiger partial charge in [0.2, 0.25) is 5.91 Å². The van der Waals surface area contributed by atoms with Crippen molar-refractivity contribution in [1.29, 1.82) is 0 Å². The quantitative estimate of drug-likeness (QED) is 0.709. The van der Waals surface area contributed by atoms with Gasteiger partial charge in [0.05, 0.1) is 6.42 Å². The lowest BCUT2D eigenvalue weighted by Gasteiger charge is -2.00. The SMILES string of the molecule is Cl.NCc1ccc2c(c1)CC(=O)N2. The molecule has 0 radical (unpaired) electrons. The summed E-state index contributed by atoms with van der Waals surface area (Å²) in [5.74, 6) is 0.0687. The van der Waals surface area contributed by atoms with Gasteiger partial charge in [0.1, 0.15) is 0 Å². The predicted molar refractivity (Wildman–Crippen MR) is 53.9 cm³/mol. The zero-order chi connectivity index (χ0) is 8.55. The summed E-state index contributed by atoms with van der Waals surface area (Å²) in [6.45, 7) is 0.529. The maximum Gasteiger partial charge on any atom is 0.228 e. The van der Waals surface area contributed by atoms with Crippen LogP contribution in [0, 0.1) is 0 Å². The van der Waals surface area contributed by atoms with Gasteiger partial charge in [-0.2, -0.15) is 0 Å². The first-order chi connectivity index (χ1) is 5.79. The molecule has 0 aromatic heterocycles. The van der Waals surface area contributed by atoms with Crippen molar-refractivity contribution in [1.82, 2.24) is 0 Å². The maximum absolute atomic E-state index is 11.0. The molecule has 2 rings (SSSR count). The number of benzene rings is 1. The largest absolute Gasteiger partial charge is 0.326 e. The number of fused-ring (bicyclic) bond motifs is 1. The molecule has 13 heavy (non-hydrogen) atoms. The monoisotopic (exact) mass is 198 g/mol. The standard InChI is InChI=1S/C9H10N2O.ClH/c10-5-6-1-2-8-7(3-6)4-9(12)11-8;/h1-3H,4-5,10H2,(H,11,12);1H. The minimum atomic E-state index is 0. The highest BCUT2D eigenvalue weighted by Crippen LogP contribution is 2.23. The first-order valence-electron chi connectivity index (χ1n) is 3.91.